The molecule has 0 aromatic carbocycles. The van der Waals surface area contributed by atoms with Crippen molar-refractivity contribution >= 4 is 0 Å². The van der Waals surface area contributed by atoms with Crippen molar-refractivity contribution in [1.82, 2.24) is 10.2 Å². The highest BCUT2D eigenvalue weighted by molar-refractivity contribution is 4.92. The maximum atomic E-state index is 10.6. The number of aliphatic hydroxyl groups is 1. The molecule has 0 amide bonds. The van der Waals surface area contributed by atoms with Gasteiger partial charge in [-0.05, 0) is 70.1 Å². The molecule has 0 atom stereocenters. The first-order valence-corrected chi connectivity index (χ1v) is 8.35. The second kappa shape index (κ2) is 5.71. The van der Waals surface area contributed by atoms with Crippen LogP contribution in [-0.2, 0) is 0 Å². The van der Waals surface area contributed by atoms with Gasteiger partial charge in [-0.15, -0.1) is 0 Å². The zero-order valence-electron chi connectivity index (χ0n) is 12.3. The minimum absolute atomic E-state index is 0.414. The predicted octanol–water partition coefficient (Wildman–Crippen LogP) is 2.15. The summed E-state index contributed by atoms with van der Waals surface area (Å²) < 4.78 is 0. The van der Waals surface area contributed by atoms with Crippen molar-refractivity contribution in [1.29, 1.82) is 0 Å². The summed E-state index contributed by atoms with van der Waals surface area (Å²) >= 11 is 0. The molecular weight excluding hydrogens is 236 g/mol. The first kappa shape index (κ1) is 13.8. The standard InChI is InChI=1S/C16H30N2O/c19-16(6-10-17-11-7-16)14-18-12-8-15(9-13-18)4-2-1-3-5-15/h17,19H,1-14H2. The lowest BCUT2D eigenvalue weighted by Crippen LogP contribution is -2.52. The summed E-state index contributed by atoms with van der Waals surface area (Å²) in [6.45, 7) is 5.30. The number of rotatable bonds is 2. The fraction of sp³-hybridized carbons (Fsp3) is 1.00. The molecule has 1 aliphatic carbocycles. The quantitative estimate of drug-likeness (QED) is 0.804. The largest absolute Gasteiger partial charge is 0.388 e. The highest BCUT2D eigenvalue weighted by Crippen LogP contribution is 2.44. The Balaban J connectivity index is 1.49. The number of β-amino-alcohol motifs (C(OH)–C–C–N with tert-alkyl or cyclic N) is 1. The molecule has 2 saturated heterocycles. The highest BCUT2D eigenvalue weighted by atomic mass is 16.3. The summed E-state index contributed by atoms with van der Waals surface area (Å²) in [5.74, 6) is 0. The van der Waals surface area contributed by atoms with Crippen LogP contribution in [0.2, 0.25) is 0 Å². The predicted molar refractivity (Wildman–Crippen MR) is 78.2 cm³/mol. The van der Waals surface area contributed by atoms with Gasteiger partial charge in [0.2, 0.25) is 0 Å². The lowest BCUT2D eigenvalue weighted by molar-refractivity contribution is -0.0386. The molecule has 1 saturated carbocycles. The fourth-order valence-electron chi connectivity index (χ4n) is 4.45. The molecule has 2 aliphatic heterocycles. The van der Waals surface area contributed by atoms with E-state index in [-0.39, 0.29) is 0 Å². The Morgan fingerprint density at radius 2 is 1.47 bits per heavy atom. The molecule has 0 unspecified atom stereocenters. The Hall–Kier alpha value is -0.120. The number of nitrogens with one attached hydrogen (secondary N) is 1. The van der Waals surface area contributed by atoms with Gasteiger partial charge in [0.15, 0.2) is 0 Å². The molecule has 0 bridgehead atoms. The molecule has 1 spiro atoms. The first-order chi connectivity index (χ1) is 9.20. The van der Waals surface area contributed by atoms with Crippen molar-refractivity contribution in [2.24, 2.45) is 5.41 Å². The molecule has 0 radical (unpaired) electrons. The minimum atomic E-state index is -0.414. The van der Waals surface area contributed by atoms with Gasteiger partial charge in [0.1, 0.15) is 0 Å². The van der Waals surface area contributed by atoms with E-state index >= 15 is 0 Å². The van der Waals surface area contributed by atoms with Crippen LogP contribution in [-0.4, -0.2) is 48.3 Å². The van der Waals surface area contributed by atoms with Crippen LogP contribution in [0.5, 0.6) is 0 Å². The lowest BCUT2D eigenvalue weighted by atomic mass is 9.68. The average Bonchev–Trinajstić information content (AvgIpc) is 2.43. The second-order valence-corrected chi connectivity index (χ2v) is 7.31. The Kier molecular flexibility index (Phi) is 4.16. The summed E-state index contributed by atoms with van der Waals surface area (Å²) in [6, 6.07) is 0. The molecule has 3 heteroatoms. The maximum Gasteiger partial charge on any atom is 0.0798 e. The van der Waals surface area contributed by atoms with E-state index in [2.05, 4.69) is 10.2 Å². The first-order valence-electron chi connectivity index (χ1n) is 8.35. The topological polar surface area (TPSA) is 35.5 Å². The van der Waals surface area contributed by atoms with Gasteiger partial charge in [0.25, 0.3) is 0 Å². The monoisotopic (exact) mass is 266 g/mol. The van der Waals surface area contributed by atoms with E-state index in [1.807, 2.05) is 0 Å². The van der Waals surface area contributed by atoms with E-state index in [4.69, 9.17) is 0 Å². The van der Waals surface area contributed by atoms with E-state index in [9.17, 15) is 5.11 Å². The van der Waals surface area contributed by atoms with E-state index in [1.54, 1.807) is 0 Å². The van der Waals surface area contributed by atoms with Gasteiger partial charge in [-0.2, -0.15) is 0 Å². The van der Waals surface area contributed by atoms with Crippen molar-refractivity contribution in [3.05, 3.63) is 0 Å². The second-order valence-electron chi connectivity index (χ2n) is 7.31. The van der Waals surface area contributed by atoms with Crippen LogP contribution in [0, 0.1) is 5.41 Å². The van der Waals surface area contributed by atoms with Crippen LogP contribution in [0.1, 0.15) is 57.8 Å². The van der Waals surface area contributed by atoms with E-state index in [1.165, 1.54) is 58.0 Å². The maximum absolute atomic E-state index is 10.6. The van der Waals surface area contributed by atoms with Gasteiger partial charge in [-0.1, -0.05) is 19.3 Å². The van der Waals surface area contributed by atoms with Crippen molar-refractivity contribution < 1.29 is 5.11 Å². The number of piperidine rings is 2. The van der Waals surface area contributed by atoms with Crippen LogP contribution in [0.25, 0.3) is 0 Å². The molecule has 2 N–H and O–H groups in total. The summed E-state index contributed by atoms with van der Waals surface area (Å²) in [4.78, 5) is 2.53. The van der Waals surface area contributed by atoms with Gasteiger partial charge in [-0.25, -0.2) is 0 Å². The molecular formula is C16H30N2O. The van der Waals surface area contributed by atoms with Crippen LogP contribution in [0.3, 0.4) is 0 Å². The Morgan fingerprint density at radius 3 is 2.11 bits per heavy atom. The summed E-state index contributed by atoms with van der Waals surface area (Å²) in [6.07, 6.45) is 11.9. The van der Waals surface area contributed by atoms with Crippen LogP contribution in [0.4, 0.5) is 0 Å². The van der Waals surface area contributed by atoms with Crippen molar-refractivity contribution in [3.8, 4) is 0 Å². The van der Waals surface area contributed by atoms with Crippen LogP contribution in [0.15, 0.2) is 0 Å². The van der Waals surface area contributed by atoms with E-state index in [0.29, 0.717) is 5.41 Å². The van der Waals surface area contributed by atoms with Gasteiger partial charge in [0, 0.05) is 6.54 Å². The van der Waals surface area contributed by atoms with E-state index in [0.717, 1.165) is 32.5 Å². The SMILES string of the molecule is OC1(CN2CCC3(CCCCC3)CC2)CCNCC1. The third-order valence-electron chi connectivity index (χ3n) is 5.88. The molecule has 0 aromatic rings. The summed E-state index contributed by atoms with van der Waals surface area (Å²) in [5.41, 5.74) is 0.272. The Labute approximate surface area is 117 Å². The summed E-state index contributed by atoms with van der Waals surface area (Å²) in [7, 11) is 0. The molecule has 3 nitrogen and oxygen atoms in total. The number of likely N-dealkylation sites (tertiary alicyclic amines) is 1. The molecule has 3 aliphatic rings. The van der Waals surface area contributed by atoms with Crippen molar-refractivity contribution in [3.63, 3.8) is 0 Å². The molecule has 3 fully saturated rings. The molecule has 2 heterocycles. The van der Waals surface area contributed by atoms with Gasteiger partial charge < -0.3 is 15.3 Å². The third-order valence-corrected chi connectivity index (χ3v) is 5.88. The number of hydrogen-bond acceptors (Lipinski definition) is 3. The van der Waals surface area contributed by atoms with Gasteiger partial charge in [0.05, 0.1) is 5.60 Å². The van der Waals surface area contributed by atoms with Crippen LogP contribution >= 0.6 is 0 Å². The van der Waals surface area contributed by atoms with E-state index < -0.39 is 5.60 Å². The van der Waals surface area contributed by atoms with Gasteiger partial charge >= 0.3 is 0 Å². The lowest BCUT2D eigenvalue weighted by Gasteiger charge is -2.46. The van der Waals surface area contributed by atoms with Gasteiger partial charge in [-0.3, -0.25) is 0 Å². The Morgan fingerprint density at radius 1 is 0.842 bits per heavy atom. The van der Waals surface area contributed by atoms with Crippen LogP contribution < -0.4 is 5.32 Å². The fourth-order valence-corrected chi connectivity index (χ4v) is 4.45. The molecule has 110 valence electrons. The molecule has 0 aromatic heterocycles. The van der Waals surface area contributed by atoms with Crippen molar-refractivity contribution in [2.45, 2.75) is 63.4 Å². The zero-order valence-corrected chi connectivity index (χ0v) is 12.3. The normalized spacial score (nSPS) is 31.4. The smallest absolute Gasteiger partial charge is 0.0798 e. The van der Waals surface area contributed by atoms with Crippen molar-refractivity contribution in [2.75, 3.05) is 32.7 Å². The molecule has 3 rings (SSSR count). The highest BCUT2D eigenvalue weighted by Gasteiger charge is 2.38. The Bertz CT molecular complexity index is 283. The summed E-state index contributed by atoms with van der Waals surface area (Å²) in [5, 5.41) is 14.0. The minimum Gasteiger partial charge on any atom is -0.388 e. The number of nitrogens with zero attached hydrogens (tertiary/aromatic N) is 1. The third kappa shape index (κ3) is 3.32. The zero-order chi connectivity index (χ0) is 13.2. The average molecular weight is 266 g/mol. The molecule has 19 heavy (non-hydrogen) atoms. The number of hydrogen-bond donors (Lipinski definition) is 2.